The Morgan fingerprint density at radius 3 is 2.20 bits per heavy atom. The average molecular weight is 567 g/mol. The van der Waals surface area contributed by atoms with Crippen LogP contribution >= 0.6 is 0 Å². The molecule has 0 fully saturated rings. The molecule has 0 saturated carbocycles. The Bertz CT molecular complexity index is 1420. The predicted molar refractivity (Wildman–Crippen MR) is 129 cm³/mol. The highest BCUT2D eigenvalue weighted by Crippen LogP contribution is 2.45. The number of halogens is 2. The van der Waals surface area contributed by atoms with Crippen molar-refractivity contribution in [3.63, 3.8) is 0 Å². The van der Waals surface area contributed by atoms with Gasteiger partial charge in [-0.2, -0.15) is 0 Å². The van der Waals surface area contributed by atoms with Gasteiger partial charge >= 0.3 is 12.1 Å². The van der Waals surface area contributed by atoms with E-state index in [9.17, 15) is 38.9 Å². The SMILES string of the molecule is CCNC(=O)Oc1c(O)cc(C2CCc3c(O)cc(O)cc3O2)cc1O.O=C(OF)c1cc(O)c(O)c(O)c1F. The van der Waals surface area contributed by atoms with Gasteiger partial charge in [-0.3, -0.25) is 0 Å². The van der Waals surface area contributed by atoms with Crippen molar-refractivity contribution in [2.75, 3.05) is 6.54 Å². The lowest BCUT2D eigenvalue weighted by Gasteiger charge is -2.27. The summed E-state index contributed by atoms with van der Waals surface area (Å²) in [4.78, 5) is 24.7. The maximum Gasteiger partial charge on any atom is 0.412 e. The molecule has 4 rings (SSSR count). The number of hydrogen-bond acceptors (Lipinski definition) is 12. The summed E-state index contributed by atoms with van der Waals surface area (Å²) in [5, 5.41) is 68.5. The molecule has 1 aliphatic rings. The summed E-state index contributed by atoms with van der Waals surface area (Å²) < 4.78 is 34.9. The molecule has 1 amide bonds. The largest absolute Gasteiger partial charge is 0.508 e. The molecule has 1 unspecified atom stereocenters. The maximum atomic E-state index is 12.9. The third kappa shape index (κ3) is 6.20. The number of rotatable bonds is 4. The summed E-state index contributed by atoms with van der Waals surface area (Å²) in [5.74, 6) is -7.76. The van der Waals surface area contributed by atoms with Crippen LogP contribution in [-0.2, 0) is 11.4 Å². The molecule has 3 aromatic carbocycles. The van der Waals surface area contributed by atoms with Gasteiger partial charge < -0.3 is 50.5 Å². The summed E-state index contributed by atoms with van der Waals surface area (Å²) in [7, 11) is 0. The van der Waals surface area contributed by atoms with Crippen LogP contribution in [0.2, 0.25) is 0 Å². The van der Waals surface area contributed by atoms with Crippen LogP contribution in [-0.4, -0.2) is 54.4 Å². The number of carbonyl (C=O) groups is 2. The normalized spacial score (nSPS) is 13.6. The highest BCUT2D eigenvalue weighted by Gasteiger charge is 2.27. The summed E-state index contributed by atoms with van der Waals surface area (Å²) in [6, 6.07) is 5.74. The molecule has 0 aromatic heterocycles. The first-order chi connectivity index (χ1) is 18.9. The highest BCUT2D eigenvalue weighted by molar-refractivity contribution is 5.91. The number of benzene rings is 3. The third-order valence-corrected chi connectivity index (χ3v) is 5.54. The van der Waals surface area contributed by atoms with Gasteiger partial charge in [-0.1, -0.05) is 0 Å². The van der Waals surface area contributed by atoms with E-state index in [0.717, 1.165) is 0 Å². The third-order valence-electron chi connectivity index (χ3n) is 5.54. The van der Waals surface area contributed by atoms with Crippen molar-refractivity contribution >= 4 is 12.1 Å². The quantitative estimate of drug-likeness (QED) is 0.212. The van der Waals surface area contributed by atoms with Crippen LogP contribution in [0.5, 0.6) is 51.7 Å². The predicted octanol–water partition coefficient (Wildman–Crippen LogP) is 3.67. The van der Waals surface area contributed by atoms with E-state index in [0.29, 0.717) is 42.3 Å². The number of nitrogens with one attached hydrogen (secondary N) is 1. The van der Waals surface area contributed by atoms with E-state index >= 15 is 0 Å². The molecule has 13 nitrogen and oxygen atoms in total. The minimum atomic E-state index is -1.73. The lowest BCUT2D eigenvalue weighted by molar-refractivity contribution is -0.0792. The topological polar surface area (TPSA) is 215 Å². The van der Waals surface area contributed by atoms with Gasteiger partial charge in [-0.25, -0.2) is 18.9 Å². The van der Waals surface area contributed by atoms with E-state index in [4.69, 9.17) is 24.8 Å². The Morgan fingerprint density at radius 1 is 0.950 bits per heavy atom. The molecule has 0 spiro atoms. The summed E-state index contributed by atoms with van der Waals surface area (Å²) in [6.45, 7) is 2.05. The minimum absolute atomic E-state index is 0.0465. The maximum absolute atomic E-state index is 12.9. The zero-order valence-electron chi connectivity index (χ0n) is 20.5. The first-order valence-electron chi connectivity index (χ1n) is 11.4. The van der Waals surface area contributed by atoms with E-state index < -0.39 is 58.3 Å². The van der Waals surface area contributed by atoms with Crippen LogP contribution in [0.1, 0.15) is 40.9 Å². The van der Waals surface area contributed by atoms with Gasteiger partial charge in [-0.15, -0.1) is 0 Å². The number of fused-ring (bicyclic) bond motifs is 1. The van der Waals surface area contributed by atoms with E-state index in [-0.39, 0.29) is 17.2 Å². The van der Waals surface area contributed by atoms with Gasteiger partial charge in [-0.05, 0) is 37.5 Å². The fourth-order valence-electron chi connectivity index (χ4n) is 3.69. The van der Waals surface area contributed by atoms with E-state index in [1.165, 1.54) is 24.3 Å². The standard InChI is InChI=1S/C18H19NO7.C7H4F2O5/c1-2-19-18(24)26-17-13(22)5-9(6-14(17)23)15-4-3-11-12(21)7-10(20)8-16(11)25-15;8-4-2(7(13)14-9)1-3(10)5(11)6(4)12/h5-8,15,20-23H,2-4H2,1H3,(H,19,24);1,10-12H. The molecule has 0 bridgehead atoms. The molecule has 0 saturated heterocycles. The molecular weight excluding hydrogens is 544 g/mol. The molecule has 1 heterocycles. The highest BCUT2D eigenvalue weighted by atomic mass is 19.3. The Balaban J connectivity index is 0.000000267. The average Bonchev–Trinajstić information content (AvgIpc) is 2.91. The summed E-state index contributed by atoms with van der Waals surface area (Å²) in [6.07, 6.45) is -0.329. The van der Waals surface area contributed by atoms with Crippen molar-refractivity contribution in [1.29, 1.82) is 0 Å². The van der Waals surface area contributed by atoms with Crippen LogP contribution in [0.25, 0.3) is 0 Å². The summed E-state index contributed by atoms with van der Waals surface area (Å²) >= 11 is 0. The Kier molecular flexibility index (Phi) is 8.78. The van der Waals surface area contributed by atoms with Crippen molar-refractivity contribution < 1.29 is 68.7 Å². The zero-order valence-corrected chi connectivity index (χ0v) is 20.5. The molecule has 0 radical (unpaired) electrons. The molecule has 0 aliphatic carbocycles. The van der Waals surface area contributed by atoms with Crippen LogP contribution in [0.3, 0.4) is 0 Å². The number of aromatic hydroxyl groups is 7. The fraction of sp³-hybridized carbons (Fsp3) is 0.200. The number of phenols is 7. The Morgan fingerprint density at radius 2 is 1.60 bits per heavy atom. The van der Waals surface area contributed by atoms with Crippen LogP contribution < -0.4 is 14.8 Å². The first-order valence-corrected chi connectivity index (χ1v) is 11.4. The van der Waals surface area contributed by atoms with E-state index in [2.05, 4.69) is 10.3 Å². The fourth-order valence-corrected chi connectivity index (χ4v) is 3.69. The van der Waals surface area contributed by atoms with Crippen LogP contribution in [0.4, 0.5) is 13.7 Å². The number of carbonyl (C=O) groups excluding carboxylic acids is 2. The molecule has 8 N–H and O–H groups in total. The van der Waals surface area contributed by atoms with Gasteiger partial charge in [0.2, 0.25) is 11.5 Å². The second-order valence-electron chi connectivity index (χ2n) is 8.21. The van der Waals surface area contributed by atoms with Crippen molar-refractivity contribution in [3.05, 3.63) is 52.8 Å². The molecule has 214 valence electrons. The Labute approximate surface area is 223 Å². The zero-order chi connectivity index (χ0) is 29.7. The summed E-state index contributed by atoms with van der Waals surface area (Å²) in [5.41, 5.74) is 0.0284. The number of ether oxygens (including phenoxy) is 2. The lowest BCUT2D eigenvalue weighted by Crippen LogP contribution is -2.26. The van der Waals surface area contributed by atoms with E-state index in [1.807, 2.05) is 0 Å². The first kappa shape index (κ1) is 29.2. The second kappa shape index (κ2) is 12.0. The van der Waals surface area contributed by atoms with Crippen molar-refractivity contribution in [2.45, 2.75) is 25.9 Å². The number of hydrogen-bond donors (Lipinski definition) is 8. The van der Waals surface area contributed by atoms with Crippen LogP contribution in [0.15, 0.2) is 30.3 Å². The van der Waals surface area contributed by atoms with Crippen molar-refractivity contribution in [2.24, 2.45) is 0 Å². The molecule has 40 heavy (non-hydrogen) atoms. The van der Waals surface area contributed by atoms with E-state index in [1.54, 1.807) is 6.92 Å². The van der Waals surface area contributed by atoms with Crippen LogP contribution in [0, 0.1) is 5.82 Å². The monoisotopic (exact) mass is 567 g/mol. The second-order valence-corrected chi connectivity index (χ2v) is 8.21. The molecular formula is C25H23F2NO12. The lowest BCUT2D eigenvalue weighted by atomic mass is 9.96. The molecule has 1 atom stereocenters. The smallest absolute Gasteiger partial charge is 0.412 e. The van der Waals surface area contributed by atoms with Crippen molar-refractivity contribution in [1.82, 2.24) is 5.32 Å². The van der Waals surface area contributed by atoms with Gasteiger partial charge in [0, 0.05) is 34.8 Å². The van der Waals surface area contributed by atoms with Crippen molar-refractivity contribution in [3.8, 4) is 51.7 Å². The van der Waals surface area contributed by atoms with Gasteiger partial charge in [0.05, 0.1) is 0 Å². The van der Waals surface area contributed by atoms with Gasteiger partial charge in [0.1, 0.15) is 28.9 Å². The van der Waals surface area contributed by atoms with Gasteiger partial charge in [0.15, 0.2) is 28.8 Å². The Hall–Kier alpha value is -5.34. The minimum Gasteiger partial charge on any atom is -0.508 e. The number of amides is 1. The molecule has 1 aliphatic heterocycles. The number of phenolic OH excluding ortho intramolecular Hbond substituents is 7. The van der Waals surface area contributed by atoms with Gasteiger partial charge in [0.25, 0.3) is 0 Å². The molecule has 3 aromatic rings. The molecule has 15 heteroatoms.